The van der Waals surface area contributed by atoms with Gasteiger partial charge in [-0.05, 0) is 6.92 Å². The molecule has 1 atom stereocenters. The maximum Gasteiger partial charge on any atom is 0.218 e. The third-order valence-electron chi connectivity index (χ3n) is 1.90. The predicted molar refractivity (Wildman–Crippen MR) is 59.0 cm³/mol. The molecule has 0 aliphatic rings. The van der Waals surface area contributed by atoms with Crippen molar-refractivity contribution in [2.45, 2.75) is 19.3 Å². The average molecular weight is 226 g/mol. The molecule has 1 amide bonds. The topological polar surface area (TPSA) is 46.2 Å². The lowest BCUT2D eigenvalue weighted by Crippen LogP contribution is -2.35. The molecule has 4 heteroatoms. The number of carbonyl (C=O) groups excluding carboxylic acids is 2. The minimum Gasteiger partial charge on any atom is -0.334 e. The number of nitrogens with one attached hydrogen (secondary N) is 1. The number of hydrogen-bond donors (Lipinski definition) is 1. The Kier molecular flexibility index (Phi) is 3.86. The van der Waals surface area contributed by atoms with Crippen LogP contribution in [-0.2, 0) is 4.79 Å². The van der Waals surface area contributed by atoms with Crippen LogP contribution in [0.5, 0.6) is 0 Å². The van der Waals surface area contributed by atoms with Gasteiger partial charge in [0, 0.05) is 12.5 Å². The van der Waals surface area contributed by atoms with Gasteiger partial charge in [-0.15, -0.1) is 0 Å². The number of benzene rings is 1. The Hall–Kier alpha value is -1.35. The summed E-state index contributed by atoms with van der Waals surface area (Å²) in [5.41, 5.74) is 0.566. The van der Waals surface area contributed by atoms with E-state index in [9.17, 15) is 9.59 Å². The molecule has 0 spiro atoms. The van der Waals surface area contributed by atoms with E-state index >= 15 is 0 Å². The van der Waals surface area contributed by atoms with E-state index < -0.39 is 5.50 Å². The standard InChI is InChI=1S/C11H12ClNO2/c1-7-3-5-9(6-4-7)10(15)11(12)13-8(2)14/h3-6,11H,1-2H3,(H,13,14). The molecule has 0 heterocycles. The molecule has 0 fully saturated rings. The molecule has 0 saturated carbocycles. The number of carbonyl (C=O) groups is 2. The van der Waals surface area contributed by atoms with E-state index in [1.807, 2.05) is 19.1 Å². The van der Waals surface area contributed by atoms with E-state index in [1.54, 1.807) is 12.1 Å². The summed E-state index contributed by atoms with van der Waals surface area (Å²) in [5, 5.41) is 2.33. The fraction of sp³-hybridized carbons (Fsp3) is 0.273. The molecule has 0 bridgehead atoms. The van der Waals surface area contributed by atoms with Crippen LogP contribution in [-0.4, -0.2) is 17.2 Å². The van der Waals surface area contributed by atoms with Gasteiger partial charge in [-0.2, -0.15) is 0 Å². The summed E-state index contributed by atoms with van der Waals surface area (Å²) in [6.07, 6.45) is 0. The van der Waals surface area contributed by atoms with Gasteiger partial charge in [0.15, 0.2) is 11.3 Å². The predicted octanol–water partition coefficient (Wildman–Crippen LogP) is 1.88. The van der Waals surface area contributed by atoms with Crippen LogP contribution in [0.15, 0.2) is 24.3 Å². The highest BCUT2D eigenvalue weighted by atomic mass is 35.5. The van der Waals surface area contributed by atoms with Crippen LogP contribution in [0, 0.1) is 6.92 Å². The molecule has 1 aromatic carbocycles. The van der Waals surface area contributed by atoms with Crippen molar-refractivity contribution in [2.75, 3.05) is 0 Å². The van der Waals surface area contributed by atoms with Crippen LogP contribution < -0.4 is 5.32 Å². The number of ketones is 1. The molecule has 0 saturated heterocycles. The smallest absolute Gasteiger partial charge is 0.218 e. The van der Waals surface area contributed by atoms with Gasteiger partial charge in [0.2, 0.25) is 5.91 Å². The first-order chi connectivity index (χ1) is 7.00. The van der Waals surface area contributed by atoms with Crippen molar-refractivity contribution >= 4 is 23.3 Å². The fourth-order valence-electron chi connectivity index (χ4n) is 1.11. The zero-order valence-electron chi connectivity index (χ0n) is 8.58. The van der Waals surface area contributed by atoms with Gasteiger partial charge in [0.25, 0.3) is 0 Å². The van der Waals surface area contributed by atoms with Crippen LogP contribution in [0.3, 0.4) is 0 Å². The number of hydrogen-bond acceptors (Lipinski definition) is 2. The number of alkyl halides is 1. The molecule has 0 aromatic heterocycles. The second-order valence-electron chi connectivity index (χ2n) is 3.29. The summed E-state index contributed by atoms with van der Waals surface area (Å²) in [7, 11) is 0. The van der Waals surface area contributed by atoms with E-state index in [4.69, 9.17) is 11.6 Å². The Morgan fingerprint density at radius 1 is 1.27 bits per heavy atom. The summed E-state index contributed by atoms with van der Waals surface area (Å²) in [4.78, 5) is 22.3. The van der Waals surface area contributed by atoms with Crippen LogP contribution >= 0.6 is 11.6 Å². The molecule has 80 valence electrons. The van der Waals surface area contributed by atoms with Crippen molar-refractivity contribution in [3.8, 4) is 0 Å². The van der Waals surface area contributed by atoms with E-state index in [0.29, 0.717) is 5.56 Å². The zero-order valence-corrected chi connectivity index (χ0v) is 9.34. The molecular weight excluding hydrogens is 214 g/mol. The molecule has 1 unspecified atom stereocenters. The van der Waals surface area contributed by atoms with Crippen molar-refractivity contribution in [3.63, 3.8) is 0 Å². The Bertz CT molecular complexity index is 373. The highest BCUT2D eigenvalue weighted by molar-refractivity contribution is 6.34. The van der Waals surface area contributed by atoms with E-state index in [0.717, 1.165) is 5.56 Å². The van der Waals surface area contributed by atoms with E-state index in [2.05, 4.69) is 5.32 Å². The van der Waals surface area contributed by atoms with Gasteiger partial charge in [-0.1, -0.05) is 41.4 Å². The maximum absolute atomic E-state index is 11.6. The normalized spacial score (nSPS) is 11.9. The van der Waals surface area contributed by atoms with Crippen molar-refractivity contribution in [1.29, 1.82) is 0 Å². The highest BCUT2D eigenvalue weighted by Gasteiger charge is 2.17. The molecule has 3 nitrogen and oxygen atoms in total. The number of halogens is 1. The van der Waals surface area contributed by atoms with Crippen LogP contribution in [0.25, 0.3) is 0 Å². The van der Waals surface area contributed by atoms with E-state index in [1.165, 1.54) is 6.92 Å². The van der Waals surface area contributed by atoms with Gasteiger partial charge in [-0.25, -0.2) is 0 Å². The van der Waals surface area contributed by atoms with Crippen molar-refractivity contribution in [1.82, 2.24) is 5.32 Å². The number of amides is 1. The average Bonchev–Trinajstić information content (AvgIpc) is 2.17. The SMILES string of the molecule is CC(=O)NC(Cl)C(=O)c1ccc(C)cc1. The van der Waals surface area contributed by atoms with Crippen molar-refractivity contribution in [2.24, 2.45) is 0 Å². The van der Waals surface area contributed by atoms with Crippen LogP contribution in [0.4, 0.5) is 0 Å². The molecule has 1 aromatic rings. The molecule has 1 rings (SSSR count). The molecular formula is C11H12ClNO2. The monoisotopic (exact) mass is 225 g/mol. The number of aryl methyl sites for hydroxylation is 1. The minimum absolute atomic E-state index is 0.299. The largest absolute Gasteiger partial charge is 0.334 e. The Morgan fingerprint density at radius 3 is 2.27 bits per heavy atom. The Morgan fingerprint density at radius 2 is 1.80 bits per heavy atom. The molecule has 0 aliphatic carbocycles. The molecule has 1 N–H and O–H groups in total. The minimum atomic E-state index is -0.995. The summed E-state index contributed by atoms with van der Waals surface area (Å²) < 4.78 is 0. The lowest BCUT2D eigenvalue weighted by Gasteiger charge is -2.09. The molecule has 0 radical (unpaired) electrons. The Labute approximate surface area is 93.4 Å². The first-order valence-corrected chi connectivity index (χ1v) is 4.96. The lowest BCUT2D eigenvalue weighted by atomic mass is 10.1. The first kappa shape index (κ1) is 11.7. The van der Waals surface area contributed by atoms with Gasteiger partial charge in [0.1, 0.15) is 0 Å². The van der Waals surface area contributed by atoms with Gasteiger partial charge >= 0.3 is 0 Å². The number of rotatable bonds is 3. The molecule has 15 heavy (non-hydrogen) atoms. The summed E-state index contributed by atoms with van der Waals surface area (Å²) in [6, 6.07) is 7.03. The quantitative estimate of drug-likeness (QED) is 0.485. The lowest BCUT2D eigenvalue weighted by molar-refractivity contribution is -0.119. The van der Waals surface area contributed by atoms with Gasteiger partial charge in [-0.3, -0.25) is 9.59 Å². The second kappa shape index (κ2) is 4.94. The van der Waals surface area contributed by atoms with Gasteiger partial charge in [0.05, 0.1) is 0 Å². The summed E-state index contributed by atoms with van der Waals surface area (Å²) >= 11 is 5.72. The highest BCUT2D eigenvalue weighted by Crippen LogP contribution is 2.08. The van der Waals surface area contributed by atoms with E-state index in [-0.39, 0.29) is 11.7 Å². The summed E-state index contributed by atoms with van der Waals surface area (Å²) in [5.74, 6) is -0.623. The third-order valence-corrected chi connectivity index (χ3v) is 2.20. The van der Waals surface area contributed by atoms with Gasteiger partial charge < -0.3 is 5.32 Å². The fourth-order valence-corrected chi connectivity index (χ4v) is 1.39. The van der Waals surface area contributed by atoms with Crippen LogP contribution in [0.1, 0.15) is 22.8 Å². The first-order valence-electron chi connectivity index (χ1n) is 4.53. The van der Waals surface area contributed by atoms with Crippen molar-refractivity contribution < 1.29 is 9.59 Å². The zero-order chi connectivity index (χ0) is 11.4. The molecule has 0 aliphatic heterocycles. The third kappa shape index (κ3) is 3.36. The van der Waals surface area contributed by atoms with Crippen LogP contribution in [0.2, 0.25) is 0 Å². The maximum atomic E-state index is 11.6. The Balaban J connectivity index is 2.76. The number of Topliss-reactive ketones (excluding diaryl/α,β-unsaturated/α-hetero) is 1. The summed E-state index contributed by atoms with van der Waals surface area (Å²) in [6.45, 7) is 3.25. The van der Waals surface area contributed by atoms with Crippen molar-refractivity contribution in [3.05, 3.63) is 35.4 Å². The second-order valence-corrected chi connectivity index (χ2v) is 3.73.